The van der Waals surface area contributed by atoms with Crippen LogP contribution in [-0.2, 0) is 14.8 Å². The van der Waals surface area contributed by atoms with Crippen molar-refractivity contribution in [1.29, 1.82) is 0 Å². The molecule has 11 heteroatoms. The van der Waals surface area contributed by atoms with Gasteiger partial charge in [-0.05, 0) is 30.3 Å². The van der Waals surface area contributed by atoms with Gasteiger partial charge in [0.25, 0.3) is 10.0 Å². The number of amides is 1. The second-order valence-corrected chi connectivity index (χ2v) is 8.67. The summed E-state index contributed by atoms with van der Waals surface area (Å²) in [6, 6.07) is 6.20. The van der Waals surface area contributed by atoms with Crippen molar-refractivity contribution in [2.24, 2.45) is 5.73 Å². The summed E-state index contributed by atoms with van der Waals surface area (Å²) in [6.07, 6.45) is 0. The Morgan fingerprint density at radius 3 is 2.00 bits per heavy atom. The molecular formula is C14H9Cl5N2O3S. The Balaban J connectivity index is 2.66. The highest BCUT2D eigenvalue weighted by Gasteiger charge is 2.29. The van der Waals surface area contributed by atoms with Crippen LogP contribution in [0.4, 0.5) is 5.69 Å². The molecule has 0 aliphatic carbocycles. The second kappa shape index (κ2) is 7.78. The summed E-state index contributed by atoms with van der Waals surface area (Å²) >= 11 is 29.6. The zero-order valence-corrected chi connectivity index (χ0v) is 16.7. The third-order valence-corrected chi connectivity index (χ3v) is 6.56. The first kappa shape index (κ1) is 20.4. The number of rotatable bonds is 5. The van der Waals surface area contributed by atoms with Gasteiger partial charge in [0, 0.05) is 0 Å². The highest BCUT2D eigenvalue weighted by molar-refractivity contribution is 7.92. The molecule has 0 aromatic heterocycles. The number of hydrogen-bond donors (Lipinski definition) is 1. The molecule has 0 saturated carbocycles. The molecule has 0 atom stereocenters. The van der Waals surface area contributed by atoms with Gasteiger partial charge in [-0.3, -0.25) is 9.10 Å². The predicted octanol–water partition coefficient (Wildman–Crippen LogP) is 4.63. The molecule has 0 aliphatic rings. The normalized spacial score (nSPS) is 11.4. The van der Waals surface area contributed by atoms with Crippen LogP contribution in [-0.4, -0.2) is 20.9 Å². The molecule has 0 spiro atoms. The van der Waals surface area contributed by atoms with Crippen LogP contribution in [0, 0.1) is 0 Å². The van der Waals surface area contributed by atoms with E-state index < -0.39 is 22.5 Å². The van der Waals surface area contributed by atoms with Crippen LogP contribution in [0.25, 0.3) is 0 Å². The average molecular weight is 463 g/mol. The van der Waals surface area contributed by atoms with Crippen LogP contribution >= 0.6 is 58.0 Å². The van der Waals surface area contributed by atoms with Gasteiger partial charge in [0.05, 0.1) is 35.7 Å². The Bertz CT molecular complexity index is 950. The number of halogens is 5. The van der Waals surface area contributed by atoms with E-state index in [4.69, 9.17) is 63.7 Å². The lowest BCUT2D eigenvalue weighted by atomic mass is 10.3. The van der Waals surface area contributed by atoms with Crippen molar-refractivity contribution in [3.05, 3.63) is 55.4 Å². The molecule has 2 N–H and O–H groups in total. The number of carbonyl (C=O) groups is 1. The minimum Gasteiger partial charge on any atom is -0.368 e. The average Bonchev–Trinajstić information content (AvgIpc) is 2.51. The van der Waals surface area contributed by atoms with E-state index in [0.29, 0.717) is 0 Å². The molecule has 2 aromatic carbocycles. The Morgan fingerprint density at radius 1 is 0.880 bits per heavy atom. The quantitative estimate of drug-likeness (QED) is 0.658. The van der Waals surface area contributed by atoms with Gasteiger partial charge in [0.2, 0.25) is 5.91 Å². The summed E-state index contributed by atoms with van der Waals surface area (Å²) < 4.78 is 26.6. The van der Waals surface area contributed by atoms with Gasteiger partial charge in [0.1, 0.15) is 6.54 Å². The molecule has 0 aliphatic heterocycles. The van der Waals surface area contributed by atoms with Gasteiger partial charge in [-0.25, -0.2) is 8.42 Å². The predicted molar refractivity (Wildman–Crippen MR) is 102 cm³/mol. The molecule has 134 valence electrons. The molecular weight excluding hydrogens is 453 g/mol. The zero-order chi connectivity index (χ0) is 18.9. The fraction of sp³-hybridized carbons (Fsp3) is 0.0714. The molecule has 1 amide bonds. The molecule has 2 aromatic rings. The Kier molecular flexibility index (Phi) is 6.35. The third-order valence-electron chi connectivity index (χ3n) is 3.04. The Hall–Kier alpha value is -0.890. The number of nitrogens with two attached hydrogens (primary N) is 1. The van der Waals surface area contributed by atoms with Crippen LogP contribution in [0.3, 0.4) is 0 Å². The Labute approximate surface area is 169 Å². The first-order valence-corrected chi connectivity index (χ1v) is 9.77. The number of sulfonamides is 1. The van der Waals surface area contributed by atoms with Crippen LogP contribution in [0.1, 0.15) is 0 Å². The second-order valence-electron chi connectivity index (χ2n) is 4.77. The van der Waals surface area contributed by atoms with Crippen molar-refractivity contribution in [2.75, 3.05) is 10.8 Å². The number of benzene rings is 2. The third kappa shape index (κ3) is 4.45. The minimum atomic E-state index is -4.24. The van der Waals surface area contributed by atoms with Gasteiger partial charge in [-0.2, -0.15) is 0 Å². The number of anilines is 1. The largest absolute Gasteiger partial charge is 0.368 e. The summed E-state index contributed by atoms with van der Waals surface area (Å²) in [4.78, 5) is 11.2. The van der Waals surface area contributed by atoms with Crippen molar-refractivity contribution in [1.82, 2.24) is 0 Å². The van der Waals surface area contributed by atoms with Crippen molar-refractivity contribution < 1.29 is 13.2 Å². The van der Waals surface area contributed by atoms with Crippen LogP contribution in [0.2, 0.25) is 25.1 Å². The van der Waals surface area contributed by atoms with Gasteiger partial charge < -0.3 is 5.73 Å². The smallest absolute Gasteiger partial charge is 0.264 e. The van der Waals surface area contributed by atoms with Crippen molar-refractivity contribution in [2.45, 2.75) is 4.90 Å². The molecule has 0 saturated heterocycles. The van der Waals surface area contributed by atoms with E-state index in [1.807, 2.05) is 0 Å². The van der Waals surface area contributed by atoms with Gasteiger partial charge in [-0.15, -0.1) is 0 Å². The fourth-order valence-corrected chi connectivity index (χ4v) is 4.43. The lowest BCUT2D eigenvalue weighted by molar-refractivity contribution is -0.116. The van der Waals surface area contributed by atoms with Crippen molar-refractivity contribution in [3.8, 4) is 0 Å². The number of carbonyl (C=O) groups excluding carboxylic acids is 1. The molecule has 0 unspecified atom stereocenters. The van der Waals surface area contributed by atoms with E-state index >= 15 is 0 Å². The van der Waals surface area contributed by atoms with E-state index in [1.165, 1.54) is 24.3 Å². The zero-order valence-electron chi connectivity index (χ0n) is 12.1. The topological polar surface area (TPSA) is 80.5 Å². The van der Waals surface area contributed by atoms with E-state index in [1.54, 1.807) is 0 Å². The molecule has 0 bridgehead atoms. The molecule has 0 radical (unpaired) electrons. The maximum atomic E-state index is 13.0. The summed E-state index contributed by atoms with van der Waals surface area (Å²) in [7, 11) is -4.24. The van der Waals surface area contributed by atoms with Gasteiger partial charge in [0.15, 0.2) is 0 Å². The highest BCUT2D eigenvalue weighted by Crippen LogP contribution is 2.37. The van der Waals surface area contributed by atoms with E-state index in [-0.39, 0.29) is 35.7 Å². The molecule has 2 rings (SSSR count). The number of primary amides is 1. The number of hydrogen-bond acceptors (Lipinski definition) is 3. The van der Waals surface area contributed by atoms with E-state index in [2.05, 4.69) is 0 Å². The molecule has 5 nitrogen and oxygen atoms in total. The highest BCUT2D eigenvalue weighted by atomic mass is 35.5. The van der Waals surface area contributed by atoms with Crippen LogP contribution in [0.5, 0.6) is 0 Å². The monoisotopic (exact) mass is 460 g/mol. The maximum absolute atomic E-state index is 13.0. The molecule has 0 heterocycles. The van der Waals surface area contributed by atoms with Crippen LogP contribution in [0.15, 0.2) is 35.2 Å². The van der Waals surface area contributed by atoms with E-state index in [0.717, 1.165) is 10.4 Å². The number of nitrogens with zero attached hydrogens (tertiary/aromatic N) is 1. The standard InChI is InChI=1S/C14H9Cl5N2O3S/c15-8-2-1-7(3-9(8)16)25(23,24)21(6-14(20)22)13-5-11(18)10(17)4-12(13)19/h1-5H,6H2,(H2,20,22). The first-order valence-electron chi connectivity index (χ1n) is 6.44. The lowest BCUT2D eigenvalue weighted by Crippen LogP contribution is -2.38. The van der Waals surface area contributed by atoms with Crippen molar-refractivity contribution in [3.63, 3.8) is 0 Å². The van der Waals surface area contributed by atoms with Gasteiger partial charge in [-0.1, -0.05) is 58.0 Å². The van der Waals surface area contributed by atoms with Gasteiger partial charge >= 0.3 is 0 Å². The minimum absolute atomic E-state index is 0.0284. The van der Waals surface area contributed by atoms with E-state index in [9.17, 15) is 13.2 Å². The summed E-state index contributed by atoms with van der Waals surface area (Å²) in [5, 5.41) is 0.358. The first-order chi connectivity index (χ1) is 11.5. The van der Waals surface area contributed by atoms with Crippen molar-refractivity contribution >= 4 is 79.6 Å². The fourth-order valence-electron chi connectivity index (χ4n) is 1.91. The Morgan fingerprint density at radius 2 is 1.44 bits per heavy atom. The molecule has 25 heavy (non-hydrogen) atoms. The summed E-state index contributed by atoms with van der Waals surface area (Å²) in [6.45, 7) is -0.666. The summed E-state index contributed by atoms with van der Waals surface area (Å²) in [5.41, 5.74) is 5.13. The van der Waals surface area contributed by atoms with Crippen LogP contribution < -0.4 is 10.0 Å². The molecule has 0 fully saturated rings. The SMILES string of the molecule is NC(=O)CN(c1cc(Cl)c(Cl)cc1Cl)S(=O)(=O)c1ccc(Cl)c(Cl)c1. The lowest BCUT2D eigenvalue weighted by Gasteiger charge is -2.24. The summed E-state index contributed by atoms with van der Waals surface area (Å²) in [5.74, 6) is -0.897. The maximum Gasteiger partial charge on any atom is 0.264 e.